The highest BCUT2D eigenvalue weighted by molar-refractivity contribution is 14.1. The molecule has 0 unspecified atom stereocenters. The standard InChI is InChI=1S/C14H16N2O.C2H6.CH3I/c1-17-14-6-7-15-13-5-4-11(10-12(13)14)16-8-2-3-9-16;2*1-2/h4-7,10H,2-3,8-9H2,1H3;1-2H3;1H3. The number of pyridine rings is 1. The second kappa shape index (κ2) is 9.82. The van der Waals surface area contributed by atoms with E-state index in [-0.39, 0.29) is 0 Å². The van der Waals surface area contributed by atoms with Crippen LogP contribution in [0.1, 0.15) is 26.7 Å². The number of alkyl halides is 1. The Balaban J connectivity index is 0.000000510. The summed E-state index contributed by atoms with van der Waals surface area (Å²) in [6, 6.07) is 8.33. The Bertz CT molecular complexity index is 539. The minimum absolute atomic E-state index is 0.899. The summed E-state index contributed by atoms with van der Waals surface area (Å²) in [7, 11) is 1.71. The number of fused-ring (bicyclic) bond motifs is 1. The van der Waals surface area contributed by atoms with Gasteiger partial charge in [-0.1, -0.05) is 36.4 Å². The lowest BCUT2D eigenvalue weighted by molar-refractivity contribution is 0.419. The summed E-state index contributed by atoms with van der Waals surface area (Å²) in [5.41, 5.74) is 2.27. The van der Waals surface area contributed by atoms with Gasteiger partial charge in [-0.05, 0) is 42.0 Å². The molecule has 116 valence electrons. The third-order valence-electron chi connectivity index (χ3n) is 3.38. The lowest BCUT2D eigenvalue weighted by atomic mass is 10.1. The highest BCUT2D eigenvalue weighted by atomic mass is 127. The summed E-state index contributed by atoms with van der Waals surface area (Å²) < 4.78 is 5.39. The van der Waals surface area contributed by atoms with E-state index in [0.717, 1.165) is 29.7 Å². The first-order valence-corrected chi connectivity index (χ1v) is 9.60. The van der Waals surface area contributed by atoms with Gasteiger partial charge in [-0.2, -0.15) is 0 Å². The van der Waals surface area contributed by atoms with Crippen LogP contribution in [0.25, 0.3) is 10.9 Å². The van der Waals surface area contributed by atoms with E-state index < -0.39 is 0 Å². The molecule has 0 aliphatic carbocycles. The number of aromatic nitrogens is 1. The minimum Gasteiger partial charge on any atom is -0.496 e. The van der Waals surface area contributed by atoms with E-state index in [9.17, 15) is 0 Å². The summed E-state index contributed by atoms with van der Waals surface area (Å²) in [5.74, 6) is 0.899. The molecule has 3 nitrogen and oxygen atoms in total. The molecule has 1 aromatic heterocycles. The second-order valence-corrected chi connectivity index (χ2v) is 4.41. The van der Waals surface area contributed by atoms with Gasteiger partial charge in [-0.3, -0.25) is 4.98 Å². The molecule has 1 saturated heterocycles. The fourth-order valence-corrected chi connectivity index (χ4v) is 2.46. The first kappa shape index (κ1) is 18.0. The van der Waals surface area contributed by atoms with Crippen LogP contribution in [-0.2, 0) is 0 Å². The molecule has 0 N–H and O–H groups in total. The van der Waals surface area contributed by atoms with Crippen molar-refractivity contribution in [2.24, 2.45) is 0 Å². The predicted molar refractivity (Wildman–Crippen MR) is 101 cm³/mol. The molecule has 4 heteroatoms. The SMILES string of the molecule is CC.CI.COc1ccnc2ccc(N3CCCC3)cc12. The molecule has 0 bridgehead atoms. The number of ether oxygens (including phenoxy) is 1. The van der Waals surface area contributed by atoms with Gasteiger partial charge >= 0.3 is 0 Å². The maximum atomic E-state index is 5.39. The molecule has 1 aliphatic rings. The van der Waals surface area contributed by atoms with E-state index >= 15 is 0 Å². The molecular weight excluding hydrogens is 375 g/mol. The van der Waals surface area contributed by atoms with Crippen LogP contribution in [0.4, 0.5) is 5.69 Å². The van der Waals surface area contributed by atoms with Crippen LogP contribution in [0.5, 0.6) is 5.75 Å². The van der Waals surface area contributed by atoms with Crippen LogP contribution in [0.2, 0.25) is 0 Å². The van der Waals surface area contributed by atoms with Gasteiger partial charge < -0.3 is 9.64 Å². The monoisotopic (exact) mass is 400 g/mol. The van der Waals surface area contributed by atoms with Gasteiger partial charge in [0.25, 0.3) is 0 Å². The molecule has 0 atom stereocenters. The van der Waals surface area contributed by atoms with Gasteiger partial charge in [0.15, 0.2) is 0 Å². The zero-order valence-corrected chi connectivity index (χ0v) is 15.6. The topological polar surface area (TPSA) is 25.4 Å². The van der Waals surface area contributed by atoms with E-state index in [1.807, 2.05) is 24.8 Å². The van der Waals surface area contributed by atoms with Gasteiger partial charge in [0.05, 0.1) is 12.6 Å². The molecule has 0 spiro atoms. The lowest BCUT2D eigenvalue weighted by Crippen LogP contribution is -2.17. The van der Waals surface area contributed by atoms with Crippen molar-refractivity contribution in [3.63, 3.8) is 0 Å². The van der Waals surface area contributed by atoms with Crippen LogP contribution in [-0.4, -0.2) is 30.1 Å². The number of hydrogen-bond acceptors (Lipinski definition) is 3. The van der Waals surface area contributed by atoms with Crippen molar-refractivity contribution in [2.75, 3.05) is 30.0 Å². The minimum atomic E-state index is 0.899. The van der Waals surface area contributed by atoms with Crippen LogP contribution < -0.4 is 9.64 Å². The number of benzene rings is 1. The van der Waals surface area contributed by atoms with Crippen molar-refractivity contribution < 1.29 is 4.74 Å². The number of methoxy groups -OCH3 is 1. The zero-order valence-electron chi connectivity index (χ0n) is 13.4. The first-order valence-electron chi connectivity index (χ1n) is 7.44. The van der Waals surface area contributed by atoms with Crippen LogP contribution >= 0.6 is 22.6 Å². The zero-order chi connectivity index (χ0) is 15.7. The molecule has 2 heterocycles. The van der Waals surface area contributed by atoms with Crippen molar-refractivity contribution in [2.45, 2.75) is 26.7 Å². The summed E-state index contributed by atoms with van der Waals surface area (Å²) >= 11 is 2.15. The van der Waals surface area contributed by atoms with Crippen LogP contribution in [0.3, 0.4) is 0 Å². The van der Waals surface area contributed by atoms with Crippen molar-refractivity contribution in [1.82, 2.24) is 4.98 Å². The summed E-state index contributed by atoms with van der Waals surface area (Å²) in [5, 5.41) is 1.10. The molecule has 0 amide bonds. The van der Waals surface area contributed by atoms with Gasteiger partial charge in [0, 0.05) is 30.4 Å². The number of nitrogens with zero attached hydrogens (tertiary/aromatic N) is 2. The predicted octanol–water partition coefficient (Wildman–Crippen LogP) is 4.92. The Morgan fingerprint density at radius 1 is 1.10 bits per heavy atom. The van der Waals surface area contributed by atoms with E-state index in [1.54, 1.807) is 13.3 Å². The molecule has 1 aliphatic heterocycles. The van der Waals surface area contributed by atoms with Crippen molar-refractivity contribution in [3.8, 4) is 5.75 Å². The third kappa shape index (κ3) is 4.46. The number of anilines is 1. The van der Waals surface area contributed by atoms with Crippen LogP contribution in [0, 0.1) is 0 Å². The smallest absolute Gasteiger partial charge is 0.129 e. The summed E-state index contributed by atoms with van der Waals surface area (Å²) in [4.78, 5) is 8.75. The molecule has 0 radical (unpaired) electrons. The van der Waals surface area contributed by atoms with Crippen molar-refractivity contribution in [3.05, 3.63) is 30.5 Å². The van der Waals surface area contributed by atoms with Crippen molar-refractivity contribution >= 4 is 39.2 Å². The third-order valence-corrected chi connectivity index (χ3v) is 3.38. The number of halogens is 1. The molecule has 1 fully saturated rings. The molecule has 1 aromatic carbocycles. The number of rotatable bonds is 2. The Hall–Kier alpha value is -1.04. The van der Waals surface area contributed by atoms with E-state index in [1.165, 1.54) is 18.5 Å². The molecule has 3 rings (SSSR count). The van der Waals surface area contributed by atoms with E-state index in [2.05, 4.69) is 50.7 Å². The summed E-state index contributed by atoms with van der Waals surface area (Å²) in [6.07, 6.45) is 4.38. The van der Waals surface area contributed by atoms with E-state index in [0.29, 0.717) is 0 Å². The Kier molecular flexibility index (Phi) is 8.42. The van der Waals surface area contributed by atoms with E-state index in [4.69, 9.17) is 4.74 Å². The second-order valence-electron chi connectivity index (χ2n) is 4.41. The lowest BCUT2D eigenvalue weighted by Gasteiger charge is -2.18. The Morgan fingerprint density at radius 2 is 1.76 bits per heavy atom. The average molecular weight is 400 g/mol. The maximum absolute atomic E-state index is 5.39. The quantitative estimate of drug-likeness (QED) is 0.529. The molecule has 0 saturated carbocycles. The first-order chi connectivity index (χ1) is 10.4. The Morgan fingerprint density at radius 3 is 2.38 bits per heavy atom. The van der Waals surface area contributed by atoms with Crippen molar-refractivity contribution in [1.29, 1.82) is 0 Å². The highest BCUT2D eigenvalue weighted by Gasteiger charge is 2.13. The summed E-state index contributed by atoms with van der Waals surface area (Å²) in [6.45, 7) is 6.32. The fraction of sp³-hybridized carbons (Fsp3) is 0.471. The average Bonchev–Trinajstić information content (AvgIpc) is 3.12. The van der Waals surface area contributed by atoms with Gasteiger partial charge in [0.2, 0.25) is 0 Å². The van der Waals surface area contributed by atoms with Gasteiger partial charge in [-0.25, -0.2) is 0 Å². The van der Waals surface area contributed by atoms with Gasteiger partial charge in [-0.15, -0.1) is 0 Å². The van der Waals surface area contributed by atoms with Gasteiger partial charge in [0.1, 0.15) is 5.75 Å². The molecule has 21 heavy (non-hydrogen) atoms. The fourth-order valence-electron chi connectivity index (χ4n) is 2.46. The highest BCUT2D eigenvalue weighted by Crippen LogP contribution is 2.29. The molecule has 2 aromatic rings. The Labute approximate surface area is 141 Å². The maximum Gasteiger partial charge on any atom is 0.129 e. The van der Waals surface area contributed by atoms with Crippen LogP contribution in [0.15, 0.2) is 30.5 Å². The largest absolute Gasteiger partial charge is 0.496 e. The normalized spacial score (nSPS) is 13.1. The molecular formula is C17H25IN2O. The number of hydrogen-bond donors (Lipinski definition) is 0.